The van der Waals surface area contributed by atoms with Gasteiger partial charge in [0.1, 0.15) is 29.0 Å². The van der Waals surface area contributed by atoms with E-state index < -0.39 is 47.6 Å². The monoisotopic (exact) mass is 1500 g/mol. The highest BCUT2D eigenvalue weighted by Crippen LogP contribution is 2.40. The molecule has 34 nitrogen and oxygen atoms in total. The average Bonchev–Trinajstić information content (AvgIpc) is 1.62. The smallest absolute Gasteiger partial charge is 0.317 e. The van der Waals surface area contributed by atoms with Crippen molar-refractivity contribution in [3.8, 4) is 57.1 Å². The molecule has 1 atom stereocenters. The first kappa shape index (κ1) is 81.4. The van der Waals surface area contributed by atoms with E-state index in [0.29, 0.717) is 101 Å². The Morgan fingerprint density at radius 2 is 0.778 bits per heavy atom. The van der Waals surface area contributed by atoms with Crippen LogP contribution >= 0.6 is 0 Å². The molecule has 3 aliphatic rings. The number of aromatic hydroxyl groups is 4. The van der Waals surface area contributed by atoms with Crippen molar-refractivity contribution in [3.63, 3.8) is 0 Å². The van der Waals surface area contributed by atoms with Crippen molar-refractivity contribution >= 4 is 53.4 Å². The minimum absolute atomic E-state index is 0.00194. The second-order valence-corrected chi connectivity index (χ2v) is 27.9. The maximum Gasteiger partial charge on any atom is 0.317 e. The predicted octanol–water partition coefficient (Wildman–Crippen LogP) is 1.99. The van der Waals surface area contributed by atoms with Gasteiger partial charge >= 0.3 is 17.9 Å². The summed E-state index contributed by atoms with van der Waals surface area (Å²) in [7, 11) is 0. The van der Waals surface area contributed by atoms with Crippen molar-refractivity contribution in [2.75, 3.05) is 151 Å². The molecule has 6 amide bonds. The van der Waals surface area contributed by atoms with E-state index in [0.717, 1.165) is 11.1 Å². The Hall–Kier alpha value is -10.6. The van der Waals surface area contributed by atoms with Crippen LogP contribution in [-0.4, -0.2) is 314 Å². The van der Waals surface area contributed by atoms with Crippen LogP contribution < -0.4 is 21.3 Å². The number of hydrogen-bond donors (Lipinski definition) is 11. The summed E-state index contributed by atoms with van der Waals surface area (Å²) in [6, 6.07) is 19.4. The van der Waals surface area contributed by atoms with Gasteiger partial charge in [0.2, 0.25) is 35.3 Å². The molecule has 4 aromatic carbocycles. The Kier molecular flexibility index (Phi) is 28.8. The van der Waals surface area contributed by atoms with Crippen LogP contribution in [0.2, 0.25) is 0 Å². The summed E-state index contributed by atoms with van der Waals surface area (Å²) >= 11 is 0. The van der Waals surface area contributed by atoms with Gasteiger partial charge in [0.15, 0.2) is 11.6 Å². The molecule has 9 rings (SSSR count). The maximum atomic E-state index is 14.3. The second-order valence-electron chi connectivity index (χ2n) is 27.9. The highest BCUT2D eigenvalue weighted by atomic mass is 16.4. The predicted molar refractivity (Wildman–Crippen MR) is 396 cm³/mol. The van der Waals surface area contributed by atoms with E-state index in [2.05, 4.69) is 51.5 Å². The summed E-state index contributed by atoms with van der Waals surface area (Å²) in [4.78, 5) is 133. The Morgan fingerprint density at radius 3 is 1.13 bits per heavy atom. The fraction of sp³-hybridized carbons (Fsp3) is 0.500. The lowest BCUT2D eigenvalue weighted by atomic mass is 9.98. The molecule has 3 saturated heterocycles. The fourth-order valence-corrected chi connectivity index (χ4v) is 13.5. The normalized spacial score (nSPS) is 16.0. The van der Waals surface area contributed by atoms with Crippen LogP contribution in [0.5, 0.6) is 23.0 Å². The van der Waals surface area contributed by atoms with Crippen LogP contribution in [-0.2, 0) is 46.7 Å². The summed E-state index contributed by atoms with van der Waals surface area (Å²) in [5.41, 5.74) is 4.66. The summed E-state index contributed by atoms with van der Waals surface area (Å²) in [5.74, 6) is -6.40. The Labute approximate surface area is 625 Å². The SMILES string of the molecule is CCNC(=O)c1nnc(-c2cc(C(C)C)c(O)cc2O)n1-c1ccc(CN2CCN(C(=O)CCNC(=O)[C@@H](CCC(=O)N3CCN(Cc4ccc(-n5c(C(=O)NCC)nnc5-c5cc(C(C)C)c(O)cc5O)cc4)CC3)NC(=O)CN3CCN(CC(=O)O)CCN(CC(=O)O)CCN(CC(=O)O)CC3)CC2)cc1. The third-order valence-electron chi connectivity index (χ3n) is 19.4. The molecule has 0 aliphatic carbocycles. The van der Waals surface area contributed by atoms with Crippen molar-refractivity contribution in [3.05, 3.63) is 107 Å². The number of piperazine rings is 2. The number of phenols is 4. The molecule has 11 N–H and O–H groups in total. The molecular formula is C74H100N18O16. The van der Waals surface area contributed by atoms with Gasteiger partial charge in [0, 0.05) is 174 Å². The quantitative estimate of drug-likeness (QED) is 0.0307. The fourth-order valence-electron chi connectivity index (χ4n) is 13.5. The van der Waals surface area contributed by atoms with Crippen molar-refractivity contribution < 1.29 is 78.9 Å². The lowest BCUT2D eigenvalue weighted by Crippen LogP contribution is -2.53. The largest absolute Gasteiger partial charge is 0.508 e. The highest BCUT2D eigenvalue weighted by molar-refractivity contribution is 5.93. The zero-order chi connectivity index (χ0) is 77.9. The summed E-state index contributed by atoms with van der Waals surface area (Å²) in [5, 5.41) is 101. The Bertz CT molecular complexity index is 4120. The number of hydrogen-bond acceptors (Lipinski definition) is 23. The number of aromatic nitrogens is 6. The first-order valence-electron chi connectivity index (χ1n) is 36.6. The summed E-state index contributed by atoms with van der Waals surface area (Å²) < 4.78 is 3.11. The molecule has 0 bridgehead atoms. The molecule has 0 radical (unpaired) electrons. The number of nitrogens with one attached hydrogen (secondary N) is 4. The van der Waals surface area contributed by atoms with Crippen LogP contribution in [0.25, 0.3) is 34.2 Å². The number of benzene rings is 4. The number of carboxylic acids is 3. The van der Waals surface area contributed by atoms with Gasteiger partial charge in [-0.15, -0.1) is 20.4 Å². The Balaban J connectivity index is 0.829. The van der Waals surface area contributed by atoms with Crippen molar-refractivity contribution in [1.29, 1.82) is 0 Å². The van der Waals surface area contributed by atoms with Crippen LogP contribution in [0.3, 0.4) is 0 Å². The van der Waals surface area contributed by atoms with Gasteiger partial charge < -0.3 is 66.8 Å². The van der Waals surface area contributed by atoms with E-state index in [1.807, 2.05) is 76.2 Å². The topological polar surface area (TPSA) is 431 Å². The minimum atomic E-state index is -1.25. The lowest BCUT2D eigenvalue weighted by Gasteiger charge is -2.35. The molecule has 3 aliphatic heterocycles. The van der Waals surface area contributed by atoms with Crippen molar-refractivity contribution in [2.24, 2.45) is 0 Å². The van der Waals surface area contributed by atoms with Crippen LogP contribution in [0.15, 0.2) is 72.8 Å². The molecular weight excluding hydrogens is 1400 g/mol. The summed E-state index contributed by atoms with van der Waals surface area (Å²) in [6.45, 7) is 16.2. The number of carbonyl (C=O) groups excluding carboxylic acids is 6. The minimum Gasteiger partial charge on any atom is -0.508 e. The molecule has 34 heteroatoms. The van der Waals surface area contributed by atoms with Gasteiger partial charge in [-0.05, 0) is 90.8 Å². The van der Waals surface area contributed by atoms with E-state index in [9.17, 15) is 78.9 Å². The molecule has 6 aromatic rings. The number of rotatable bonds is 30. The third-order valence-corrected chi connectivity index (χ3v) is 19.4. The first-order valence-corrected chi connectivity index (χ1v) is 36.6. The van der Waals surface area contributed by atoms with E-state index in [-0.39, 0.29) is 185 Å². The average molecular weight is 1500 g/mol. The van der Waals surface area contributed by atoms with E-state index >= 15 is 0 Å². The molecule has 108 heavy (non-hydrogen) atoms. The van der Waals surface area contributed by atoms with Gasteiger partial charge in [-0.25, -0.2) is 0 Å². The summed E-state index contributed by atoms with van der Waals surface area (Å²) in [6.07, 6.45) is -0.321. The lowest BCUT2D eigenvalue weighted by molar-refractivity contribution is -0.140. The molecule has 0 spiro atoms. The number of carbonyl (C=O) groups is 9. The third kappa shape index (κ3) is 22.0. The van der Waals surface area contributed by atoms with E-state index in [1.165, 1.54) is 12.1 Å². The maximum absolute atomic E-state index is 14.3. The van der Waals surface area contributed by atoms with Gasteiger partial charge in [-0.1, -0.05) is 52.0 Å². The number of nitrogens with zero attached hydrogens (tertiary/aromatic N) is 14. The number of amides is 6. The number of aliphatic carboxylic acids is 3. The van der Waals surface area contributed by atoms with E-state index in [1.54, 1.807) is 64.5 Å². The molecule has 3 fully saturated rings. The number of phenolic OH excluding ortho intramolecular Hbond substituents is 4. The Morgan fingerprint density at radius 1 is 0.426 bits per heavy atom. The van der Waals surface area contributed by atoms with Crippen LogP contribution in [0, 0.1) is 0 Å². The van der Waals surface area contributed by atoms with Gasteiger partial charge in [0.25, 0.3) is 11.8 Å². The van der Waals surface area contributed by atoms with Gasteiger partial charge in [-0.3, -0.25) is 81.7 Å². The van der Waals surface area contributed by atoms with Crippen LogP contribution in [0.4, 0.5) is 0 Å². The zero-order valence-corrected chi connectivity index (χ0v) is 62.0. The van der Waals surface area contributed by atoms with Gasteiger partial charge in [-0.2, -0.15) is 0 Å². The number of carboxylic acid groups (broad SMARTS) is 3. The zero-order valence-electron chi connectivity index (χ0n) is 62.0. The molecule has 2 aromatic heterocycles. The van der Waals surface area contributed by atoms with Crippen molar-refractivity contribution in [1.82, 2.24) is 90.0 Å². The molecule has 0 unspecified atom stereocenters. The second kappa shape index (κ2) is 38.2. The van der Waals surface area contributed by atoms with Crippen molar-refractivity contribution in [2.45, 2.75) is 91.8 Å². The molecule has 5 heterocycles. The standard InChI is InChI=1S/C74H100N18O16/c1-7-75-73(107)70-81-79-68(55-37-53(47(3)4)58(93)39-60(55)95)91(70)51-13-9-49(10-14-51)41-83-29-33-89(34-30-83)63(98)18-17-57(78-62(97)43-85-21-23-86(44-65(100)101)25-27-88(46-67(104)105)28-26-87(24-22-85)45-66(102)103)72(106)77-20-19-64(99)90-35-31-84(32-36-90)42-50-11-15-52(16-12-50)92-69(80-82-71(92)74(108)76-8-2)56-38-54(48(5)6)59(94)40-61(56)96/h9-16,37-40,47-48,57,93-96H,7-8,17-36,41-46H2,1-6H3,(H,75,107)(H,76,108)(H,77,106)(H,78,97)(H,100,101)(H,102,103)(H,104,105)/t57-/m1/s1. The van der Waals surface area contributed by atoms with Crippen LogP contribution in [0.1, 0.15) is 116 Å². The molecule has 582 valence electrons. The highest BCUT2D eigenvalue weighted by Gasteiger charge is 2.32. The van der Waals surface area contributed by atoms with E-state index in [4.69, 9.17) is 0 Å². The van der Waals surface area contributed by atoms with Gasteiger partial charge in [0.05, 0.1) is 37.3 Å². The molecule has 0 saturated carbocycles. The first-order chi connectivity index (χ1) is 51.7.